The Kier molecular flexibility index (Phi) is 4.63. The van der Waals surface area contributed by atoms with Crippen LogP contribution in [-0.4, -0.2) is 6.18 Å². The van der Waals surface area contributed by atoms with E-state index in [1.807, 2.05) is 0 Å². The lowest BCUT2D eigenvalue weighted by atomic mass is 10.0. The molecular weight excluding hydrogens is 318 g/mol. The molecule has 0 aliphatic carbocycles. The molecule has 23 heavy (non-hydrogen) atoms. The Morgan fingerprint density at radius 2 is 1.48 bits per heavy atom. The molecule has 0 unspecified atom stereocenters. The van der Waals surface area contributed by atoms with Crippen molar-refractivity contribution in [1.29, 1.82) is 0 Å². The van der Waals surface area contributed by atoms with Gasteiger partial charge in [-0.3, -0.25) is 0 Å². The van der Waals surface area contributed by atoms with Gasteiger partial charge in [-0.25, -0.2) is 13.2 Å². The van der Waals surface area contributed by atoms with Gasteiger partial charge in [-0.15, -0.1) is 0 Å². The number of hydrogen-bond acceptors (Lipinski definition) is 0. The van der Waals surface area contributed by atoms with E-state index in [1.165, 1.54) is 18.2 Å². The van der Waals surface area contributed by atoms with Crippen molar-refractivity contribution in [3.63, 3.8) is 0 Å². The van der Waals surface area contributed by atoms with E-state index in [1.54, 1.807) is 0 Å². The van der Waals surface area contributed by atoms with E-state index in [9.17, 15) is 26.3 Å². The molecule has 0 aliphatic heterocycles. The van der Waals surface area contributed by atoms with Crippen LogP contribution in [0.15, 0.2) is 43.0 Å². The minimum absolute atomic E-state index is 0.0697. The Bertz CT molecular complexity index is 748. The zero-order valence-corrected chi connectivity index (χ0v) is 11.6. The first-order valence-electron chi connectivity index (χ1n) is 6.38. The van der Waals surface area contributed by atoms with Gasteiger partial charge in [0.1, 0.15) is 17.5 Å². The van der Waals surface area contributed by atoms with Crippen LogP contribution in [0.25, 0.3) is 23.3 Å². The third-order valence-electron chi connectivity index (χ3n) is 3.06. The number of allylic oxidation sites excluding steroid dienone is 1. The number of hydrogen-bond donors (Lipinski definition) is 0. The van der Waals surface area contributed by atoms with Crippen LogP contribution < -0.4 is 0 Å². The average Bonchev–Trinajstić information content (AvgIpc) is 2.44. The lowest BCUT2D eigenvalue weighted by molar-refractivity contribution is -0.0790. The van der Waals surface area contributed by atoms with Crippen LogP contribution in [0.1, 0.15) is 11.1 Å². The molecule has 0 saturated heterocycles. The lowest BCUT2D eigenvalue weighted by Crippen LogP contribution is -2.01. The van der Waals surface area contributed by atoms with Crippen LogP contribution >= 0.6 is 0 Å². The molecule has 0 N–H and O–H groups in total. The molecule has 0 aliphatic rings. The third-order valence-corrected chi connectivity index (χ3v) is 3.06. The molecule has 0 nitrogen and oxygen atoms in total. The fourth-order valence-electron chi connectivity index (χ4n) is 1.97. The molecule has 0 heterocycles. The highest BCUT2D eigenvalue weighted by Crippen LogP contribution is 2.29. The zero-order valence-electron chi connectivity index (χ0n) is 11.6. The SMILES string of the molecule is C=Cc1ccc(-c2cc(F)c(/C=C/C(F)(F)F)c(F)c2)c(F)c1. The van der Waals surface area contributed by atoms with Crippen LogP contribution in [-0.2, 0) is 0 Å². The summed E-state index contributed by atoms with van der Waals surface area (Å²) < 4.78 is 77.9. The van der Waals surface area contributed by atoms with Crippen LogP contribution in [0.5, 0.6) is 0 Å². The smallest absolute Gasteiger partial charge is 0.206 e. The third kappa shape index (κ3) is 4.03. The molecular formula is C17H10F6. The van der Waals surface area contributed by atoms with Crippen molar-refractivity contribution < 1.29 is 26.3 Å². The quantitative estimate of drug-likeness (QED) is 0.607. The van der Waals surface area contributed by atoms with Crippen molar-refractivity contribution in [2.45, 2.75) is 6.18 Å². The molecule has 2 rings (SSSR count). The van der Waals surface area contributed by atoms with Gasteiger partial charge in [-0.2, -0.15) is 13.2 Å². The molecule has 6 heteroatoms. The summed E-state index contributed by atoms with van der Waals surface area (Å²) in [5.74, 6) is -3.15. The van der Waals surface area contributed by atoms with Gasteiger partial charge < -0.3 is 0 Å². The maximum atomic E-state index is 13.9. The Morgan fingerprint density at radius 1 is 0.870 bits per heavy atom. The van der Waals surface area contributed by atoms with Crippen LogP contribution in [0, 0.1) is 17.5 Å². The average molecular weight is 328 g/mol. The summed E-state index contributed by atoms with van der Waals surface area (Å²) in [6.07, 6.45) is -3.26. The predicted octanol–water partition coefficient (Wildman–Crippen LogP) is 5.99. The van der Waals surface area contributed by atoms with Gasteiger partial charge in [0.15, 0.2) is 0 Å². The first-order valence-corrected chi connectivity index (χ1v) is 6.38. The Balaban J connectivity index is 2.48. The van der Waals surface area contributed by atoms with Gasteiger partial charge in [0.05, 0.1) is 0 Å². The van der Waals surface area contributed by atoms with Gasteiger partial charge >= 0.3 is 6.18 Å². The molecule has 120 valence electrons. The maximum Gasteiger partial charge on any atom is 0.409 e. The lowest BCUT2D eigenvalue weighted by Gasteiger charge is -2.08. The van der Waals surface area contributed by atoms with Crippen molar-refractivity contribution in [2.24, 2.45) is 0 Å². The second-order valence-electron chi connectivity index (χ2n) is 4.67. The van der Waals surface area contributed by atoms with E-state index in [2.05, 4.69) is 6.58 Å². The Labute approximate surface area is 128 Å². The molecule has 0 spiro atoms. The molecule has 0 radical (unpaired) electrons. The summed E-state index contributed by atoms with van der Waals surface area (Å²) in [5.41, 5.74) is -0.539. The van der Waals surface area contributed by atoms with Gasteiger partial charge in [0.2, 0.25) is 0 Å². The normalized spacial score (nSPS) is 11.9. The highest BCUT2D eigenvalue weighted by Gasteiger charge is 2.23. The van der Waals surface area contributed by atoms with Gasteiger partial charge in [-0.05, 0) is 35.4 Å². The van der Waals surface area contributed by atoms with E-state index in [0.29, 0.717) is 11.6 Å². The molecule has 0 amide bonds. The largest absolute Gasteiger partial charge is 0.409 e. The highest BCUT2D eigenvalue weighted by molar-refractivity contribution is 5.68. The second-order valence-corrected chi connectivity index (χ2v) is 4.67. The molecule has 0 aromatic heterocycles. The number of halogens is 6. The molecule has 0 bridgehead atoms. The van der Waals surface area contributed by atoms with Crippen molar-refractivity contribution >= 4 is 12.2 Å². The van der Waals surface area contributed by atoms with Crippen LogP contribution in [0.3, 0.4) is 0 Å². The van der Waals surface area contributed by atoms with Crippen molar-refractivity contribution in [1.82, 2.24) is 0 Å². The number of rotatable bonds is 3. The number of alkyl halides is 3. The van der Waals surface area contributed by atoms with Crippen LogP contribution in [0.4, 0.5) is 26.3 Å². The first-order chi connectivity index (χ1) is 10.7. The van der Waals surface area contributed by atoms with E-state index >= 15 is 0 Å². The van der Waals surface area contributed by atoms with Crippen molar-refractivity contribution in [3.05, 3.63) is 71.6 Å². The van der Waals surface area contributed by atoms with E-state index < -0.39 is 29.2 Å². The second kappa shape index (κ2) is 6.32. The summed E-state index contributed by atoms with van der Waals surface area (Å²) >= 11 is 0. The number of benzene rings is 2. The predicted molar refractivity (Wildman–Crippen MR) is 76.9 cm³/mol. The summed E-state index contributed by atoms with van der Waals surface area (Å²) in [5, 5.41) is 0. The monoisotopic (exact) mass is 328 g/mol. The van der Waals surface area contributed by atoms with E-state index in [4.69, 9.17) is 0 Å². The fraction of sp³-hybridized carbons (Fsp3) is 0.0588. The zero-order chi connectivity index (χ0) is 17.2. The summed E-state index contributed by atoms with van der Waals surface area (Å²) in [6, 6.07) is 5.51. The molecule has 0 atom stereocenters. The minimum Gasteiger partial charge on any atom is -0.206 e. The van der Waals surface area contributed by atoms with Gasteiger partial charge in [-0.1, -0.05) is 24.8 Å². The molecule has 2 aromatic rings. The van der Waals surface area contributed by atoms with Gasteiger partial charge in [0.25, 0.3) is 0 Å². The van der Waals surface area contributed by atoms with Gasteiger partial charge in [0, 0.05) is 17.2 Å². The first kappa shape index (κ1) is 16.9. The van der Waals surface area contributed by atoms with Crippen LogP contribution in [0.2, 0.25) is 0 Å². The summed E-state index contributed by atoms with van der Waals surface area (Å²) in [6.45, 7) is 3.47. The molecule has 0 fully saturated rings. The topological polar surface area (TPSA) is 0 Å². The Morgan fingerprint density at radius 3 is 1.96 bits per heavy atom. The summed E-state index contributed by atoms with van der Waals surface area (Å²) in [7, 11) is 0. The molecule has 0 saturated carbocycles. The Hall–Kier alpha value is -2.50. The van der Waals surface area contributed by atoms with E-state index in [0.717, 1.165) is 18.2 Å². The summed E-state index contributed by atoms with van der Waals surface area (Å²) in [4.78, 5) is 0. The van der Waals surface area contributed by atoms with E-state index in [-0.39, 0.29) is 17.2 Å². The fourth-order valence-corrected chi connectivity index (χ4v) is 1.97. The standard InChI is InChI=1S/C17H10F6/c1-2-10-3-4-12(14(18)7-10)11-8-15(19)13(16(20)9-11)5-6-17(21,22)23/h2-9H,1H2/b6-5+. The minimum atomic E-state index is -4.69. The maximum absolute atomic E-state index is 13.9. The highest BCUT2D eigenvalue weighted by atomic mass is 19.4. The van der Waals surface area contributed by atoms with Crippen molar-refractivity contribution in [2.75, 3.05) is 0 Å². The van der Waals surface area contributed by atoms with Crippen molar-refractivity contribution in [3.8, 4) is 11.1 Å². The molecule has 2 aromatic carbocycles.